The highest BCUT2D eigenvalue weighted by molar-refractivity contribution is 6.04. The summed E-state index contributed by atoms with van der Waals surface area (Å²) in [5.74, 6) is -2.18. The summed E-state index contributed by atoms with van der Waals surface area (Å²) in [6.45, 7) is 3.39. The molecule has 0 bridgehead atoms. The highest BCUT2D eigenvalue weighted by atomic mass is 19.4. The van der Waals surface area contributed by atoms with Gasteiger partial charge in [0.1, 0.15) is 5.82 Å². The molecular formula is C25H26F3N5O4. The van der Waals surface area contributed by atoms with Crippen LogP contribution < -0.4 is 10.2 Å². The van der Waals surface area contributed by atoms with E-state index in [4.69, 9.17) is 9.15 Å². The Bertz CT molecular complexity index is 1220. The quantitative estimate of drug-likeness (QED) is 0.488. The molecule has 3 aromatic rings. The molecule has 2 aromatic heterocycles. The molecule has 1 fully saturated rings. The third-order valence-corrected chi connectivity index (χ3v) is 6.02. The van der Waals surface area contributed by atoms with Crippen LogP contribution in [0.3, 0.4) is 0 Å². The van der Waals surface area contributed by atoms with Crippen molar-refractivity contribution in [1.29, 1.82) is 0 Å². The third kappa shape index (κ3) is 6.01. The van der Waals surface area contributed by atoms with E-state index in [9.17, 15) is 22.8 Å². The number of hydrogen-bond acceptors (Lipinski definition) is 7. The maximum atomic E-state index is 13.5. The second-order valence-electron chi connectivity index (χ2n) is 8.45. The van der Waals surface area contributed by atoms with E-state index in [-0.39, 0.29) is 23.7 Å². The van der Waals surface area contributed by atoms with Crippen LogP contribution in [0.5, 0.6) is 0 Å². The molecule has 1 N–H and O–H groups in total. The highest BCUT2D eigenvalue weighted by Crippen LogP contribution is 2.35. The van der Waals surface area contributed by atoms with Crippen LogP contribution in [-0.4, -0.2) is 59.7 Å². The molecule has 1 aliphatic heterocycles. The first-order chi connectivity index (χ1) is 17.7. The van der Waals surface area contributed by atoms with Gasteiger partial charge in [0.05, 0.1) is 18.5 Å². The first-order valence-electron chi connectivity index (χ1n) is 11.7. The smallest absolute Gasteiger partial charge is 0.450 e. The zero-order valence-electron chi connectivity index (χ0n) is 20.3. The van der Waals surface area contributed by atoms with E-state index >= 15 is 0 Å². The number of carbonyl (C=O) groups excluding carboxylic acids is 2. The van der Waals surface area contributed by atoms with Gasteiger partial charge in [-0.05, 0) is 44.0 Å². The minimum Gasteiger partial charge on any atom is -0.450 e. The third-order valence-electron chi connectivity index (χ3n) is 6.02. The number of hydrogen-bond donors (Lipinski definition) is 1. The van der Waals surface area contributed by atoms with Crippen molar-refractivity contribution in [2.45, 2.75) is 32.0 Å². The van der Waals surface area contributed by atoms with Crippen molar-refractivity contribution in [1.82, 2.24) is 14.9 Å². The number of amides is 2. The summed E-state index contributed by atoms with van der Waals surface area (Å²) in [4.78, 5) is 36.4. The number of nitrogens with zero attached hydrogens (tertiary/aromatic N) is 4. The van der Waals surface area contributed by atoms with Crippen molar-refractivity contribution in [3.63, 3.8) is 0 Å². The Kier molecular flexibility index (Phi) is 7.65. The van der Waals surface area contributed by atoms with Crippen molar-refractivity contribution >= 4 is 23.5 Å². The van der Waals surface area contributed by atoms with Crippen molar-refractivity contribution < 1.29 is 31.9 Å². The standard InChI is InChI=1S/C25H26F3N5O4/c1-3-36-24(35)32(2)18-11-13-33(14-12-18)19-10-9-17(15-29-19)30-22(34)20-21(25(26,27)28)37-23(31-20)16-7-5-4-6-8-16/h4-10,15,18H,3,11-14H2,1-2H3,(H,30,34). The van der Waals surface area contributed by atoms with Crippen molar-refractivity contribution in [3.8, 4) is 11.5 Å². The van der Waals surface area contributed by atoms with Gasteiger partial charge in [0, 0.05) is 31.7 Å². The first-order valence-corrected chi connectivity index (χ1v) is 11.7. The summed E-state index contributed by atoms with van der Waals surface area (Å²) in [7, 11) is 1.72. The van der Waals surface area contributed by atoms with E-state index in [1.54, 1.807) is 49.2 Å². The fourth-order valence-electron chi connectivity index (χ4n) is 4.06. The summed E-state index contributed by atoms with van der Waals surface area (Å²) in [5, 5.41) is 2.41. The highest BCUT2D eigenvalue weighted by Gasteiger charge is 2.42. The summed E-state index contributed by atoms with van der Waals surface area (Å²) in [6, 6.07) is 11.3. The lowest BCUT2D eigenvalue weighted by atomic mass is 10.0. The van der Waals surface area contributed by atoms with Gasteiger partial charge >= 0.3 is 12.3 Å². The van der Waals surface area contributed by atoms with Gasteiger partial charge in [-0.25, -0.2) is 14.8 Å². The Morgan fingerprint density at radius 2 is 1.86 bits per heavy atom. The Morgan fingerprint density at radius 1 is 1.16 bits per heavy atom. The van der Waals surface area contributed by atoms with Gasteiger partial charge in [0.25, 0.3) is 5.91 Å². The minimum absolute atomic E-state index is 0.0555. The van der Waals surface area contributed by atoms with Crippen LogP contribution in [0.4, 0.5) is 29.5 Å². The molecule has 0 radical (unpaired) electrons. The molecule has 0 atom stereocenters. The molecule has 1 aromatic carbocycles. The molecule has 0 unspecified atom stereocenters. The number of piperidine rings is 1. The zero-order chi connectivity index (χ0) is 26.6. The van der Waals surface area contributed by atoms with Gasteiger partial charge in [-0.15, -0.1) is 0 Å². The average Bonchev–Trinajstić information content (AvgIpc) is 3.36. The van der Waals surface area contributed by atoms with Crippen LogP contribution in [0.25, 0.3) is 11.5 Å². The van der Waals surface area contributed by atoms with E-state index in [1.165, 1.54) is 18.3 Å². The molecular weight excluding hydrogens is 491 g/mol. The molecule has 0 spiro atoms. The molecule has 37 heavy (non-hydrogen) atoms. The van der Waals surface area contributed by atoms with Gasteiger partial charge in [-0.1, -0.05) is 18.2 Å². The van der Waals surface area contributed by atoms with Gasteiger partial charge in [-0.2, -0.15) is 13.2 Å². The number of rotatable bonds is 6. The van der Waals surface area contributed by atoms with Gasteiger partial charge < -0.3 is 24.3 Å². The van der Waals surface area contributed by atoms with E-state index in [2.05, 4.69) is 15.3 Å². The van der Waals surface area contributed by atoms with Crippen molar-refractivity contribution in [3.05, 3.63) is 60.1 Å². The van der Waals surface area contributed by atoms with Crippen molar-refractivity contribution in [2.24, 2.45) is 0 Å². The topological polar surface area (TPSA) is 101 Å². The monoisotopic (exact) mass is 517 g/mol. The van der Waals surface area contributed by atoms with Crippen molar-refractivity contribution in [2.75, 3.05) is 37.0 Å². The number of halogens is 3. The van der Waals surface area contributed by atoms with Gasteiger partial charge in [0.15, 0.2) is 5.69 Å². The second kappa shape index (κ2) is 10.9. The van der Waals surface area contributed by atoms with E-state index in [0.29, 0.717) is 31.1 Å². The fraction of sp³-hybridized carbons (Fsp3) is 0.360. The number of nitrogens with one attached hydrogen (secondary N) is 1. The molecule has 3 heterocycles. The summed E-state index contributed by atoms with van der Waals surface area (Å²) < 4.78 is 50.6. The normalized spacial score (nSPS) is 14.4. The molecule has 9 nitrogen and oxygen atoms in total. The number of carbonyl (C=O) groups is 2. The Labute approximate surface area is 211 Å². The fourth-order valence-corrected chi connectivity index (χ4v) is 4.06. The maximum absolute atomic E-state index is 13.5. The summed E-state index contributed by atoms with van der Waals surface area (Å²) in [6.07, 6.45) is -2.43. The Hall–Kier alpha value is -4.09. The first kappa shape index (κ1) is 26.0. The molecule has 12 heteroatoms. The Morgan fingerprint density at radius 3 is 2.46 bits per heavy atom. The minimum atomic E-state index is -4.90. The predicted molar refractivity (Wildman–Crippen MR) is 129 cm³/mol. The van der Waals surface area contributed by atoms with E-state index in [1.807, 2.05) is 4.90 Å². The van der Waals surface area contributed by atoms with Crippen LogP contribution in [0, 0.1) is 0 Å². The average molecular weight is 518 g/mol. The number of alkyl halides is 3. The lowest BCUT2D eigenvalue weighted by molar-refractivity contribution is -0.153. The Balaban J connectivity index is 1.42. The van der Waals surface area contributed by atoms with Crippen LogP contribution in [0.15, 0.2) is 53.1 Å². The number of benzene rings is 1. The van der Waals surface area contributed by atoms with Crippen LogP contribution in [-0.2, 0) is 10.9 Å². The summed E-state index contributed by atoms with van der Waals surface area (Å²) in [5.41, 5.74) is -0.332. The van der Waals surface area contributed by atoms with Crippen LogP contribution in [0.1, 0.15) is 36.0 Å². The van der Waals surface area contributed by atoms with E-state index in [0.717, 1.165) is 12.8 Å². The van der Waals surface area contributed by atoms with Crippen LogP contribution in [0.2, 0.25) is 0 Å². The maximum Gasteiger partial charge on any atom is 0.452 e. The van der Waals surface area contributed by atoms with Gasteiger partial charge in [-0.3, -0.25) is 4.79 Å². The molecule has 0 aliphatic carbocycles. The second-order valence-corrected chi connectivity index (χ2v) is 8.45. The lowest BCUT2D eigenvalue weighted by Crippen LogP contribution is -2.46. The summed E-state index contributed by atoms with van der Waals surface area (Å²) >= 11 is 0. The molecule has 4 rings (SSSR count). The lowest BCUT2D eigenvalue weighted by Gasteiger charge is -2.36. The van der Waals surface area contributed by atoms with Crippen LogP contribution >= 0.6 is 0 Å². The van der Waals surface area contributed by atoms with Gasteiger partial charge in [0.2, 0.25) is 11.7 Å². The molecule has 1 aliphatic rings. The number of pyridine rings is 1. The number of aromatic nitrogens is 2. The molecule has 1 saturated heterocycles. The largest absolute Gasteiger partial charge is 0.452 e. The van der Waals surface area contributed by atoms with E-state index < -0.39 is 23.5 Å². The SMILES string of the molecule is CCOC(=O)N(C)C1CCN(c2ccc(NC(=O)c3nc(-c4ccccc4)oc3C(F)(F)F)cn2)CC1. The number of oxazole rings is 1. The molecule has 0 saturated carbocycles. The molecule has 196 valence electrons. The number of ether oxygens (including phenoxy) is 1. The zero-order valence-corrected chi connectivity index (χ0v) is 20.3. The predicted octanol–water partition coefficient (Wildman–Crippen LogP) is 5.06. The molecule has 2 amide bonds. The number of anilines is 2.